The number of nitrogens with zero attached hydrogens (tertiary/aromatic N) is 1. The van der Waals surface area contributed by atoms with Crippen LogP contribution in [-0.4, -0.2) is 31.7 Å². The van der Waals surface area contributed by atoms with Gasteiger partial charge in [-0.3, -0.25) is 4.79 Å². The average Bonchev–Trinajstić information content (AvgIpc) is 2.37. The van der Waals surface area contributed by atoms with E-state index in [0.29, 0.717) is 25.3 Å². The number of hydrogen-bond acceptors (Lipinski definition) is 3. The van der Waals surface area contributed by atoms with Crippen molar-refractivity contribution in [1.82, 2.24) is 10.6 Å². The largest absolute Gasteiger partial charge is 0.417 e. The second kappa shape index (κ2) is 4.12. The second-order valence-corrected chi connectivity index (χ2v) is 4.58. The number of nitrogens with one attached hydrogen (secondary N) is 2. The van der Waals surface area contributed by atoms with Crippen molar-refractivity contribution in [2.45, 2.75) is 12.3 Å². The van der Waals surface area contributed by atoms with Crippen LogP contribution < -0.4 is 15.5 Å². The lowest BCUT2D eigenvalue weighted by molar-refractivity contribution is -0.137. The maximum Gasteiger partial charge on any atom is 0.417 e. The van der Waals surface area contributed by atoms with Crippen molar-refractivity contribution in [2.75, 3.05) is 24.5 Å². The van der Waals surface area contributed by atoms with Crippen molar-refractivity contribution in [2.24, 2.45) is 0 Å². The summed E-state index contributed by atoms with van der Waals surface area (Å²) in [6.07, 6.45) is -4.80. The minimum Gasteiger partial charge on any atom is -0.348 e. The number of alkyl halides is 3. The van der Waals surface area contributed by atoms with Crippen molar-refractivity contribution in [3.05, 3.63) is 29.3 Å². The van der Waals surface area contributed by atoms with Gasteiger partial charge in [-0.05, 0) is 12.1 Å². The van der Waals surface area contributed by atoms with Gasteiger partial charge < -0.3 is 15.5 Å². The van der Waals surface area contributed by atoms with Gasteiger partial charge in [0.2, 0.25) is 0 Å². The molecule has 4 nitrogen and oxygen atoms in total. The summed E-state index contributed by atoms with van der Waals surface area (Å²) in [6, 6.07) is 3.86. The van der Waals surface area contributed by atoms with Crippen molar-refractivity contribution >= 4 is 11.6 Å². The maximum absolute atomic E-state index is 13.0. The quantitative estimate of drug-likeness (QED) is 0.745. The van der Waals surface area contributed by atoms with E-state index >= 15 is 0 Å². The topological polar surface area (TPSA) is 44.4 Å². The Morgan fingerprint density at radius 1 is 1.32 bits per heavy atom. The lowest BCUT2D eigenvalue weighted by Crippen LogP contribution is -2.62. The minimum atomic E-state index is -4.52. The second-order valence-electron chi connectivity index (χ2n) is 4.58. The molecule has 1 saturated heterocycles. The highest BCUT2D eigenvalue weighted by atomic mass is 19.4. The Bertz CT molecular complexity index is 529. The van der Waals surface area contributed by atoms with E-state index in [1.807, 2.05) is 4.90 Å². The van der Waals surface area contributed by atoms with Gasteiger partial charge >= 0.3 is 6.18 Å². The number of piperazine rings is 1. The average molecular weight is 271 g/mol. The zero-order valence-electron chi connectivity index (χ0n) is 9.92. The van der Waals surface area contributed by atoms with Gasteiger partial charge in [0.25, 0.3) is 5.91 Å². The number of halogens is 3. The lowest BCUT2D eigenvalue weighted by Gasteiger charge is -2.42. The summed E-state index contributed by atoms with van der Waals surface area (Å²) in [5.74, 6) is -0.659. The number of amides is 1. The van der Waals surface area contributed by atoms with Gasteiger partial charge in [-0.2, -0.15) is 13.2 Å². The maximum atomic E-state index is 13.0. The molecule has 2 N–H and O–H groups in total. The molecule has 7 heteroatoms. The molecule has 2 heterocycles. The van der Waals surface area contributed by atoms with Gasteiger partial charge in [-0.15, -0.1) is 0 Å². The number of carbonyl (C=O) groups excluding carboxylic acids is 1. The third kappa shape index (κ3) is 1.94. The van der Waals surface area contributed by atoms with Crippen molar-refractivity contribution in [3.63, 3.8) is 0 Å². The molecule has 1 aromatic rings. The predicted molar refractivity (Wildman–Crippen MR) is 62.9 cm³/mol. The molecular weight excluding hydrogens is 259 g/mol. The fourth-order valence-corrected chi connectivity index (χ4v) is 2.60. The Morgan fingerprint density at radius 3 is 2.84 bits per heavy atom. The Labute approximate surface area is 107 Å². The Balaban J connectivity index is 2.14. The monoisotopic (exact) mass is 271 g/mol. The van der Waals surface area contributed by atoms with Crippen molar-refractivity contribution in [3.8, 4) is 0 Å². The molecule has 0 bridgehead atoms. The molecule has 0 spiro atoms. The Kier molecular flexibility index (Phi) is 2.67. The third-order valence-electron chi connectivity index (χ3n) is 3.43. The van der Waals surface area contributed by atoms with E-state index in [2.05, 4.69) is 10.6 Å². The molecule has 0 saturated carbocycles. The molecule has 2 aliphatic rings. The van der Waals surface area contributed by atoms with Crippen LogP contribution in [0.5, 0.6) is 0 Å². The molecule has 102 valence electrons. The summed E-state index contributed by atoms with van der Waals surface area (Å²) in [5.41, 5.74) is -0.780. The van der Waals surface area contributed by atoms with Gasteiger partial charge in [-0.1, -0.05) is 6.07 Å². The van der Waals surface area contributed by atoms with Crippen molar-refractivity contribution < 1.29 is 18.0 Å². The SMILES string of the molecule is O=C1NC2CNCCN2c2cccc(C(F)(F)F)c21. The number of benzene rings is 1. The molecular formula is C12H12F3N3O. The van der Waals surface area contributed by atoms with Crippen LogP contribution in [0, 0.1) is 0 Å². The van der Waals surface area contributed by atoms with E-state index in [9.17, 15) is 18.0 Å². The van der Waals surface area contributed by atoms with Crippen LogP contribution in [0.4, 0.5) is 18.9 Å². The molecule has 1 unspecified atom stereocenters. The van der Waals surface area contributed by atoms with Crippen LogP contribution in [0.25, 0.3) is 0 Å². The minimum absolute atomic E-state index is 0.270. The molecule has 1 amide bonds. The molecule has 1 atom stereocenters. The van der Waals surface area contributed by atoms with Gasteiger partial charge in [0, 0.05) is 19.6 Å². The molecule has 2 aliphatic heterocycles. The fourth-order valence-electron chi connectivity index (χ4n) is 2.60. The normalized spacial score (nSPS) is 22.6. The predicted octanol–water partition coefficient (Wildman–Crippen LogP) is 1.18. The molecule has 0 aliphatic carbocycles. The summed E-state index contributed by atoms with van der Waals surface area (Å²) in [5, 5.41) is 5.71. The lowest BCUT2D eigenvalue weighted by atomic mass is 9.99. The number of hydrogen-bond donors (Lipinski definition) is 2. The Hall–Kier alpha value is -1.76. The van der Waals surface area contributed by atoms with Gasteiger partial charge in [0.05, 0.1) is 16.8 Å². The van der Waals surface area contributed by atoms with E-state index in [4.69, 9.17) is 0 Å². The van der Waals surface area contributed by atoms with Gasteiger partial charge in [0.15, 0.2) is 0 Å². The van der Waals surface area contributed by atoms with Crippen LogP contribution in [0.15, 0.2) is 18.2 Å². The van der Waals surface area contributed by atoms with Crippen LogP contribution in [0.2, 0.25) is 0 Å². The summed E-state index contributed by atoms with van der Waals surface area (Å²) in [4.78, 5) is 13.8. The van der Waals surface area contributed by atoms with Crippen LogP contribution in [0.1, 0.15) is 15.9 Å². The number of carbonyl (C=O) groups is 1. The van der Waals surface area contributed by atoms with Crippen LogP contribution >= 0.6 is 0 Å². The molecule has 19 heavy (non-hydrogen) atoms. The van der Waals surface area contributed by atoms with E-state index in [-0.39, 0.29) is 11.7 Å². The highest BCUT2D eigenvalue weighted by Gasteiger charge is 2.41. The highest BCUT2D eigenvalue weighted by molar-refractivity contribution is 6.03. The molecule has 0 aromatic heterocycles. The summed E-state index contributed by atoms with van der Waals surface area (Å²) in [7, 11) is 0. The Morgan fingerprint density at radius 2 is 2.11 bits per heavy atom. The van der Waals surface area contributed by atoms with Gasteiger partial charge in [-0.25, -0.2) is 0 Å². The smallest absolute Gasteiger partial charge is 0.348 e. The third-order valence-corrected chi connectivity index (χ3v) is 3.43. The molecule has 3 rings (SSSR count). The first-order valence-electron chi connectivity index (χ1n) is 5.97. The summed E-state index contributed by atoms with van der Waals surface area (Å²) >= 11 is 0. The molecule has 1 fully saturated rings. The molecule has 1 aromatic carbocycles. The fraction of sp³-hybridized carbons (Fsp3) is 0.417. The number of rotatable bonds is 0. The van der Waals surface area contributed by atoms with E-state index in [0.717, 1.165) is 6.07 Å². The first-order chi connectivity index (χ1) is 8.98. The zero-order chi connectivity index (χ0) is 13.6. The van der Waals surface area contributed by atoms with Crippen LogP contribution in [-0.2, 0) is 6.18 Å². The number of fused-ring (bicyclic) bond motifs is 3. The molecule has 0 radical (unpaired) electrons. The summed E-state index contributed by atoms with van der Waals surface area (Å²) < 4.78 is 38.9. The first kappa shape index (κ1) is 12.3. The number of anilines is 1. The van der Waals surface area contributed by atoms with Gasteiger partial charge in [0.1, 0.15) is 6.17 Å². The van der Waals surface area contributed by atoms with Crippen molar-refractivity contribution in [1.29, 1.82) is 0 Å². The van der Waals surface area contributed by atoms with Crippen LogP contribution in [0.3, 0.4) is 0 Å². The summed E-state index contributed by atoms with van der Waals surface area (Å²) in [6.45, 7) is 1.78. The zero-order valence-corrected chi connectivity index (χ0v) is 9.92. The highest BCUT2D eigenvalue weighted by Crippen LogP contribution is 2.38. The standard InChI is InChI=1S/C12H12F3N3O/c13-12(14,15)7-2-1-3-8-10(7)11(19)17-9-6-16-4-5-18(8)9/h1-3,9,16H,4-6H2,(H,17,19). The van der Waals surface area contributed by atoms with E-state index in [1.54, 1.807) is 6.07 Å². The van der Waals surface area contributed by atoms with E-state index < -0.39 is 17.6 Å². The van der Waals surface area contributed by atoms with E-state index in [1.165, 1.54) is 6.07 Å². The first-order valence-corrected chi connectivity index (χ1v) is 5.97.